The van der Waals surface area contributed by atoms with Crippen LogP contribution < -0.4 is 11.1 Å². The van der Waals surface area contributed by atoms with Gasteiger partial charge in [-0.15, -0.1) is 0 Å². The molecule has 21 heavy (non-hydrogen) atoms. The average molecular weight is 288 g/mol. The van der Waals surface area contributed by atoms with Gasteiger partial charge in [0.05, 0.1) is 18.4 Å². The highest BCUT2D eigenvalue weighted by atomic mass is 16.5. The lowest BCUT2D eigenvalue weighted by Crippen LogP contribution is -2.20. The Morgan fingerprint density at radius 1 is 1.43 bits per heavy atom. The van der Waals surface area contributed by atoms with Crippen molar-refractivity contribution in [2.45, 2.75) is 26.3 Å². The van der Waals surface area contributed by atoms with E-state index in [1.165, 1.54) is 0 Å². The molecular weight excluding hydrogens is 268 g/mol. The number of carbonyl (C=O) groups excluding carboxylic acids is 1. The van der Waals surface area contributed by atoms with Crippen molar-refractivity contribution in [1.29, 1.82) is 0 Å². The van der Waals surface area contributed by atoms with Crippen LogP contribution in [0.1, 0.15) is 30.0 Å². The number of furan rings is 1. The first-order valence-corrected chi connectivity index (χ1v) is 6.95. The quantitative estimate of drug-likeness (QED) is 0.631. The molecule has 0 aliphatic carbocycles. The van der Waals surface area contributed by atoms with Crippen LogP contribution in [-0.4, -0.2) is 18.6 Å². The molecule has 0 aliphatic rings. The molecule has 1 aromatic heterocycles. The topological polar surface area (TPSA) is 77.5 Å². The van der Waals surface area contributed by atoms with Gasteiger partial charge in [0, 0.05) is 23.8 Å². The minimum atomic E-state index is -0.377. The molecule has 1 unspecified atom stereocenters. The third kappa shape index (κ3) is 4.02. The number of nitrogens with one attached hydrogen (secondary N) is 1. The molecule has 0 saturated carbocycles. The van der Waals surface area contributed by atoms with E-state index in [-0.39, 0.29) is 12.0 Å². The summed E-state index contributed by atoms with van der Waals surface area (Å²) >= 11 is 0. The van der Waals surface area contributed by atoms with Gasteiger partial charge in [-0.25, -0.2) is 4.79 Å². The minimum Gasteiger partial charge on any atom is -0.469 e. The van der Waals surface area contributed by atoms with Crippen LogP contribution in [-0.2, 0) is 11.2 Å². The maximum absolute atomic E-state index is 12.0. The number of nitrogens with two attached hydrogens (primary N) is 1. The maximum atomic E-state index is 12.0. The minimum absolute atomic E-state index is 0.105. The Balaban J connectivity index is 2.13. The molecule has 0 saturated heterocycles. The summed E-state index contributed by atoms with van der Waals surface area (Å²) in [7, 11) is 0. The molecule has 0 amide bonds. The second-order valence-electron chi connectivity index (χ2n) is 4.85. The smallest absolute Gasteiger partial charge is 0.340 e. The van der Waals surface area contributed by atoms with Gasteiger partial charge in [-0.3, -0.25) is 0 Å². The van der Waals surface area contributed by atoms with E-state index in [0.29, 0.717) is 23.5 Å². The first-order chi connectivity index (χ1) is 10.1. The summed E-state index contributed by atoms with van der Waals surface area (Å²) in [5.41, 5.74) is 7.44. The van der Waals surface area contributed by atoms with Gasteiger partial charge in [-0.05, 0) is 44.2 Å². The second-order valence-corrected chi connectivity index (χ2v) is 4.85. The molecule has 112 valence electrons. The summed E-state index contributed by atoms with van der Waals surface area (Å²) in [6.45, 7) is 4.12. The Kier molecular flexibility index (Phi) is 4.87. The summed E-state index contributed by atoms with van der Waals surface area (Å²) in [4.78, 5) is 12.0. The highest BCUT2D eigenvalue weighted by molar-refractivity contribution is 5.96. The SMILES string of the molecule is CCOC(=O)c1cc(N)ccc1NC(C)Cc1ccco1. The average Bonchev–Trinajstić information content (AvgIpc) is 2.93. The van der Waals surface area contributed by atoms with Crippen molar-refractivity contribution in [2.75, 3.05) is 17.7 Å². The molecule has 1 heterocycles. The van der Waals surface area contributed by atoms with Crippen LogP contribution in [0.25, 0.3) is 0 Å². The van der Waals surface area contributed by atoms with E-state index in [0.717, 1.165) is 12.2 Å². The predicted octanol–water partition coefficient (Wildman–Crippen LogP) is 3.08. The maximum Gasteiger partial charge on any atom is 0.340 e. The van der Waals surface area contributed by atoms with Crippen molar-refractivity contribution in [2.24, 2.45) is 0 Å². The van der Waals surface area contributed by atoms with Gasteiger partial charge in [-0.2, -0.15) is 0 Å². The number of rotatable bonds is 6. The lowest BCUT2D eigenvalue weighted by molar-refractivity contribution is 0.0527. The molecule has 5 heteroatoms. The fourth-order valence-electron chi connectivity index (χ4n) is 2.11. The molecule has 5 nitrogen and oxygen atoms in total. The molecule has 0 aliphatic heterocycles. The fourth-order valence-corrected chi connectivity index (χ4v) is 2.11. The number of hydrogen-bond acceptors (Lipinski definition) is 5. The zero-order chi connectivity index (χ0) is 15.2. The van der Waals surface area contributed by atoms with Crippen LogP contribution in [0.3, 0.4) is 0 Å². The lowest BCUT2D eigenvalue weighted by Gasteiger charge is -2.17. The molecule has 2 aromatic rings. The first kappa shape index (κ1) is 15.0. The molecular formula is C16H20N2O3. The van der Waals surface area contributed by atoms with Gasteiger partial charge >= 0.3 is 5.97 Å². The van der Waals surface area contributed by atoms with Gasteiger partial charge in [-0.1, -0.05) is 0 Å². The molecule has 0 bridgehead atoms. The largest absolute Gasteiger partial charge is 0.469 e. The summed E-state index contributed by atoms with van der Waals surface area (Å²) in [5.74, 6) is 0.514. The Morgan fingerprint density at radius 2 is 2.24 bits per heavy atom. The van der Waals surface area contributed by atoms with Crippen LogP contribution in [0.4, 0.5) is 11.4 Å². The van der Waals surface area contributed by atoms with E-state index < -0.39 is 0 Å². The van der Waals surface area contributed by atoms with E-state index in [4.69, 9.17) is 14.9 Å². The van der Waals surface area contributed by atoms with E-state index in [1.54, 1.807) is 31.4 Å². The summed E-state index contributed by atoms with van der Waals surface area (Å²) in [6.07, 6.45) is 2.37. The standard InChI is InChI=1S/C16H20N2O3/c1-3-20-16(19)14-10-12(17)6-7-15(14)18-11(2)9-13-5-4-8-21-13/h4-8,10-11,18H,3,9,17H2,1-2H3. The highest BCUT2D eigenvalue weighted by Crippen LogP contribution is 2.21. The number of carbonyl (C=O) groups is 1. The number of hydrogen-bond donors (Lipinski definition) is 2. The summed E-state index contributed by atoms with van der Waals surface area (Å²) in [5, 5.41) is 3.30. The van der Waals surface area contributed by atoms with Crippen molar-refractivity contribution < 1.29 is 13.9 Å². The summed E-state index contributed by atoms with van der Waals surface area (Å²) < 4.78 is 10.4. The van der Waals surface area contributed by atoms with Crippen molar-refractivity contribution >= 4 is 17.3 Å². The Labute approximate surface area is 124 Å². The number of anilines is 2. The number of ether oxygens (including phenoxy) is 1. The Bertz CT molecular complexity index is 594. The molecule has 2 rings (SSSR count). The molecule has 3 N–H and O–H groups in total. The normalized spacial score (nSPS) is 11.9. The second kappa shape index (κ2) is 6.83. The number of benzene rings is 1. The van der Waals surface area contributed by atoms with Crippen LogP contribution in [0.15, 0.2) is 41.0 Å². The van der Waals surface area contributed by atoms with Gasteiger partial charge in [0.25, 0.3) is 0 Å². The molecule has 0 radical (unpaired) electrons. The van der Waals surface area contributed by atoms with Crippen molar-refractivity contribution in [3.05, 3.63) is 47.9 Å². The number of esters is 1. The molecule has 0 fully saturated rings. The van der Waals surface area contributed by atoms with Gasteiger partial charge < -0.3 is 20.2 Å². The molecule has 0 spiro atoms. The molecule has 1 atom stereocenters. The van der Waals surface area contributed by atoms with Crippen LogP contribution >= 0.6 is 0 Å². The Morgan fingerprint density at radius 3 is 2.90 bits per heavy atom. The van der Waals surface area contributed by atoms with Crippen molar-refractivity contribution in [3.8, 4) is 0 Å². The van der Waals surface area contributed by atoms with Crippen LogP contribution in [0.2, 0.25) is 0 Å². The molecule has 1 aromatic carbocycles. The van der Waals surface area contributed by atoms with Crippen molar-refractivity contribution in [1.82, 2.24) is 0 Å². The monoisotopic (exact) mass is 288 g/mol. The fraction of sp³-hybridized carbons (Fsp3) is 0.312. The highest BCUT2D eigenvalue weighted by Gasteiger charge is 2.15. The Hall–Kier alpha value is -2.43. The summed E-state index contributed by atoms with van der Waals surface area (Å²) in [6, 6.07) is 9.06. The third-order valence-corrected chi connectivity index (χ3v) is 3.03. The van der Waals surface area contributed by atoms with E-state index >= 15 is 0 Å². The zero-order valence-corrected chi connectivity index (χ0v) is 12.3. The van der Waals surface area contributed by atoms with E-state index in [1.807, 2.05) is 19.1 Å². The lowest BCUT2D eigenvalue weighted by atomic mass is 10.1. The van der Waals surface area contributed by atoms with Crippen molar-refractivity contribution in [3.63, 3.8) is 0 Å². The van der Waals surface area contributed by atoms with E-state index in [9.17, 15) is 4.79 Å². The van der Waals surface area contributed by atoms with Crippen LogP contribution in [0.5, 0.6) is 0 Å². The van der Waals surface area contributed by atoms with Gasteiger partial charge in [0.1, 0.15) is 5.76 Å². The number of nitrogen functional groups attached to an aromatic ring is 1. The van der Waals surface area contributed by atoms with E-state index in [2.05, 4.69) is 5.32 Å². The van der Waals surface area contributed by atoms with Gasteiger partial charge in [0.15, 0.2) is 0 Å². The third-order valence-electron chi connectivity index (χ3n) is 3.03. The van der Waals surface area contributed by atoms with Crippen LogP contribution in [0, 0.1) is 0 Å². The zero-order valence-electron chi connectivity index (χ0n) is 12.3. The van der Waals surface area contributed by atoms with Gasteiger partial charge in [0.2, 0.25) is 0 Å². The predicted molar refractivity (Wildman–Crippen MR) is 82.3 cm³/mol. The first-order valence-electron chi connectivity index (χ1n) is 6.95.